The zero-order valence-corrected chi connectivity index (χ0v) is 12.4. The Kier molecular flexibility index (Phi) is 4.93. The lowest BCUT2D eigenvalue weighted by molar-refractivity contribution is 0.217. The summed E-state index contributed by atoms with van der Waals surface area (Å²) in [6.07, 6.45) is 0. The molecule has 0 atom stereocenters. The number of hydrogen-bond donors (Lipinski definition) is 1. The summed E-state index contributed by atoms with van der Waals surface area (Å²) in [4.78, 5) is 0. The molecule has 0 spiro atoms. The van der Waals surface area contributed by atoms with E-state index in [-0.39, 0.29) is 0 Å². The molecule has 0 aliphatic carbocycles. The number of anilines is 1. The van der Waals surface area contributed by atoms with Crippen LogP contribution in [0.25, 0.3) is 0 Å². The standard InChI is InChI=1S/C14H13BrClNO2/c15-12-8-10(16)9-13(17)14(12)19-7-6-18-11-4-2-1-3-5-11/h1-5,8-9H,6-7,17H2. The van der Waals surface area contributed by atoms with Crippen molar-refractivity contribution in [2.24, 2.45) is 0 Å². The Morgan fingerprint density at radius 3 is 2.42 bits per heavy atom. The zero-order valence-electron chi connectivity index (χ0n) is 10.1. The normalized spacial score (nSPS) is 10.2. The zero-order chi connectivity index (χ0) is 13.7. The summed E-state index contributed by atoms with van der Waals surface area (Å²) in [5, 5.41) is 0.567. The lowest BCUT2D eigenvalue weighted by Gasteiger charge is -2.12. The van der Waals surface area contributed by atoms with Crippen LogP contribution in [-0.4, -0.2) is 13.2 Å². The fourth-order valence-corrected chi connectivity index (χ4v) is 2.50. The predicted molar refractivity (Wildman–Crippen MR) is 81.0 cm³/mol. The first-order valence-electron chi connectivity index (χ1n) is 5.72. The van der Waals surface area contributed by atoms with Crippen molar-refractivity contribution in [1.82, 2.24) is 0 Å². The molecule has 0 heterocycles. The Balaban J connectivity index is 1.86. The second-order valence-corrected chi connectivity index (χ2v) is 5.11. The molecule has 5 heteroatoms. The van der Waals surface area contributed by atoms with Gasteiger partial charge in [0.2, 0.25) is 0 Å². The Hall–Kier alpha value is -1.39. The van der Waals surface area contributed by atoms with E-state index in [9.17, 15) is 0 Å². The van der Waals surface area contributed by atoms with Crippen LogP contribution in [0.2, 0.25) is 5.02 Å². The number of rotatable bonds is 5. The summed E-state index contributed by atoms with van der Waals surface area (Å²) in [5.74, 6) is 1.40. The molecule has 0 aliphatic heterocycles. The highest BCUT2D eigenvalue weighted by atomic mass is 79.9. The fraction of sp³-hybridized carbons (Fsp3) is 0.143. The van der Waals surface area contributed by atoms with Gasteiger partial charge < -0.3 is 15.2 Å². The van der Waals surface area contributed by atoms with E-state index in [0.29, 0.717) is 29.7 Å². The summed E-state index contributed by atoms with van der Waals surface area (Å²) < 4.78 is 11.8. The highest BCUT2D eigenvalue weighted by molar-refractivity contribution is 9.10. The topological polar surface area (TPSA) is 44.5 Å². The van der Waals surface area contributed by atoms with Crippen LogP contribution < -0.4 is 15.2 Å². The first-order valence-corrected chi connectivity index (χ1v) is 6.89. The van der Waals surface area contributed by atoms with E-state index < -0.39 is 0 Å². The largest absolute Gasteiger partial charge is 0.490 e. The molecular weight excluding hydrogens is 330 g/mol. The molecule has 0 fully saturated rings. The van der Waals surface area contributed by atoms with Gasteiger partial charge in [0.25, 0.3) is 0 Å². The van der Waals surface area contributed by atoms with Gasteiger partial charge in [-0.05, 0) is 40.2 Å². The number of benzene rings is 2. The summed E-state index contributed by atoms with van der Waals surface area (Å²) in [7, 11) is 0. The molecule has 0 bridgehead atoms. The highest BCUT2D eigenvalue weighted by Gasteiger charge is 2.07. The smallest absolute Gasteiger partial charge is 0.156 e. The van der Waals surface area contributed by atoms with Crippen LogP contribution in [0.15, 0.2) is 46.9 Å². The third kappa shape index (κ3) is 4.04. The van der Waals surface area contributed by atoms with Gasteiger partial charge in [-0.2, -0.15) is 0 Å². The van der Waals surface area contributed by atoms with Crippen molar-refractivity contribution in [1.29, 1.82) is 0 Å². The van der Waals surface area contributed by atoms with E-state index in [1.165, 1.54) is 0 Å². The van der Waals surface area contributed by atoms with Crippen molar-refractivity contribution in [2.45, 2.75) is 0 Å². The minimum absolute atomic E-state index is 0.402. The van der Waals surface area contributed by atoms with Gasteiger partial charge in [-0.3, -0.25) is 0 Å². The maximum atomic E-state index is 5.87. The van der Waals surface area contributed by atoms with Crippen molar-refractivity contribution >= 4 is 33.2 Å². The number of halogens is 2. The van der Waals surface area contributed by atoms with Crippen molar-refractivity contribution in [3.05, 3.63) is 52.0 Å². The third-order valence-corrected chi connectivity index (χ3v) is 3.19. The maximum Gasteiger partial charge on any atom is 0.156 e. The minimum atomic E-state index is 0.402. The van der Waals surface area contributed by atoms with E-state index in [2.05, 4.69) is 15.9 Å². The minimum Gasteiger partial charge on any atom is -0.490 e. The molecule has 19 heavy (non-hydrogen) atoms. The van der Waals surface area contributed by atoms with Gasteiger partial charge >= 0.3 is 0 Å². The SMILES string of the molecule is Nc1cc(Cl)cc(Br)c1OCCOc1ccccc1. The monoisotopic (exact) mass is 341 g/mol. The van der Waals surface area contributed by atoms with Crippen molar-refractivity contribution in [3.63, 3.8) is 0 Å². The second kappa shape index (κ2) is 6.68. The first-order chi connectivity index (χ1) is 9.16. The average molecular weight is 343 g/mol. The number of nitrogens with two attached hydrogens (primary N) is 1. The van der Waals surface area contributed by atoms with Crippen LogP contribution in [0.5, 0.6) is 11.5 Å². The molecule has 100 valence electrons. The highest BCUT2D eigenvalue weighted by Crippen LogP contribution is 2.34. The molecule has 0 radical (unpaired) electrons. The Morgan fingerprint density at radius 2 is 1.74 bits per heavy atom. The molecule has 0 saturated carbocycles. The molecule has 2 aromatic rings. The van der Waals surface area contributed by atoms with Crippen molar-refractivity contribution < 1.29 is 9.47 Å². The van der Waals surface area contributed by atoms with E-state index in [4.69, 9.17) is 26.8 Å². The van der Waals surface area contributed by atoms with E-state index in [1.807, 2.05) is 30.3 Å². The Morgan fingerprint density at radius 1 is 1.05 bits per heavy atom. The molecule has 2 aromatic carbocycles. The Bertz CT molecular complexity index is 525. The molecule has 0 aliphatic rings. The van der Waals surface area contributed by atoms with Crippen LogP contribution >= 0.6 is 27.5 Å². The van der Waals surface area contributed by atoms with Gasteiger partial charge in [-0.25, -0.2) is 0 Å². The lowest BCUT2D eigenvalue weighted by Crippen LogP contribution is -2.10. The van der Waals surface area contributed by atoms with Gasteiger partial charge in [0.05, 0.1) is 10.2 Å². The van der Waals surface area contributed by atoms with Crippen molar-refractivity contribution in [3.8, 4) is 11.5 Å². The molecule has 3 nitrogen and oxygen atoms in total. The third-order valence-electron chi connectivity index (χ3n) is 2.38. The molecule has 0 saturated heterocycles. The fourth-order valence-electron chi connectivity index (χ4n) is 1.55. The summed E-state index contributed by atoms with van der Waals surface area (Å²) in [5.41, 5.74) is 6.33. The molecule has 2 rings (SSSR count). The average Bonchev–Trinajstić information content (AvgIpc) is 2.38. The van der Waals surface area contributed by atoms with Crippen LogP contribution in [0.4, 0.5) is 5.69 Å². The number of hydrogen-bond acceptors (Lipinski definition) is 3. The molecule has 0 amide bonds. The second-order valence-electron chi connectivity index (χ2n) is 3.82. The number of ether oxygens (including phenoxy) is 2. The Labute approximate surface area is 125 Å². The first kappa shape index (κ1) is 14.0. The van der Waals surface area contributed by atoms with Gasteiger partial charge in [-0.15, -0.1) is 0 Å². The van der Waals surface area contributed by atoms with Gasteiger partial charge in [-0.1, -0.05) is 29.8 Å². The van der Waals surface area contributed by atoms with Gasteiger partial charge in [0.1, 0.15) is 19.0 Å². The number of nitrogen functional groups attached to an aromatic ring is 1. The summed E-state index contributed by atoms with van der Waals surface area (Å²) in [6, 6.07) is 13.0. The molecule has 0 aromatic heterocycles. The van der Waals surface area contributed by atoms with Crippen molar-refractivity contribution in [2.75, 3.05) is 18.9 Å². The predicted octanol–water partition coefficient (Wildman–Crippen LogP) is 4.14. The maximum absolute atomic E-state index is 5.87. The molecule has 0 unspecified atom stereocenters. The number of para-hydroxylation sites is 1. The quantitative estimate of drug-likeness (QED) is 0.656. The summed E-state index contributed by atoms with van der Waals surface area (Å²) >= 11 is 9.24. The van der Waals surface area contributed by atoms with E-state index in [1.54, 1.807) is 12.1 Å². The van der Waals surface area contributed by atoms with Gasteiger partial charge in [0, 0.05) is 5.02 Å². The van der Waals surface area contributed by atoms with E-state index >= 15 is 0 Å². The van der Waals surface area contributed by atoms with Crippen LogP contribution in [0.3, 0.4) is 0 Å². The lowest BCUT2D eigenvalue weighted by atomic mass is 10.3. The molecular formula is C14H13BrClNO2. The van der Waals surface area contributed by atoms with E-state index in [0.717, 1.165) is 10.2 Å². The van der Waals surface area contributed by atoms with Crippen LogP contribution in [-0.2, 0) is 0 Å². The van der Waals surface area contributed by atoms with Gasteiger partial charge in [0.15, 0.2) is 5.75 Å². The van der Waals surface area contributed by atoms with Crippen LogP contribution in [0, 0.1) is 0 Å². The summed E-state index contributed by atoms with van der Waals surface area (Å²) in [6.45, 7) is 0.845. The van der Waals surface area contributed by atoms with Crippen LogP contribution in [0.1, 0.15) is 0 Å². The molecule has 2 N–H and O–H groups in total.